The Morgan fingerprint density at radius 1 is 1.55 bits per heavy atom. The van der Waals surface area contributed by atoms with Gasteiger partial charge in [0.15, 0.2) is 0 Å². The minimum Gasteiger partial charge on any atom is -0.490 e. The Morgan fingerprint density at radius 2 is 2.36 bits per heavy atom. The number of anilines is 1. The summed E-state index contributed by atoms with van der Waals surface area (Å²) in [6.45, 7) is 2.07. The number of nitrogens with two attached hydrogens (primary N) is 1. The maximum atomic E-state index is 5.60. The first kappa shape index (κ1) is 6.53. The van der Waals surface area contributed by atoms with Crippen molar-refractivity contribution in [2.45, 2.75) is 19.4 Å². The van der Waals surface area contributed by atoms with E-state index in [1.807, 2.05) is 18.2 Å². The molecule has 58 valence electrons. The Hall–Kier alpha value is -1.18. The molecule has 0 spiro atoms. The predicted octanol–water partition coefficient (Wildman–Crippen LogP) is 1.59. The van der Waals surface area contributed by atoms with Gasteiger partial charge < -0.3 is 10.5 Å². The van der Waals surface area contributed by atoms with Crippen molar-refractivity contribution in [1.82, 2.24) is 0 Å². The summed E-state index contributed by atoms with van der Waals surface area (Å²) in [7, 11) is 0. The quantitative estimate of drug-likeness (QED) is 0.568. The fourth-order valence-corrected chi connectivity index (χ4v) is 1.42. The van der Waals surface area contributed by atoms with Gasteiger partial charge >= 0.3 is 0 Å². The summed E-state index contributed by atoms with van der Waals surface area (Å²) in [5.74, 6) is 0.956. The summed E-state index contributed by atoms with van der Waals surface area (Å²) < 4.78 is 5.51. The van der Waals surface area contributed by atoms with E-state index in [1.54, 1.807) is 0 Å². The third-order valence-electron chi connectivity index (χ3n) is 1.93. The number of nitrogen functional groups attached to an aromatic ring is 1. The van der Waals surface area contributed by atoms with E-state index in [2.05, 4.69) is 6.92 Å². The van der Waals surface area contributed by atoms with E-state index in [4.69, 9.17) is 10.5 Å². The number of rotatable bonds is 0. The van der Waals surface area contributed by atoms with Crippen molar-refractivity contribution in [3.63, 3.8) is 0 Å². The maximum Gasteiger partial charge on any atom is 0.125 e. The van der Waals surface area contributed by atoms with E-state index in [-0.39, 0.29) is 0 Å². The van der Waals surface area contributed by atoms with Gasteiger partial charge in [0.1, 0.15) is 11.9 Å². The predicted molar refractivity (Wildman–Crippen MR) is 44.6 cm³/mol. The molecule has 1 heterocycles. The minimum atomic E-state index is 0.312. The zero-order valence-corrected chi connectivity index (χ0v) is 6.50. The molecule has 1 aliphatic heterocycles. The first-order valence-electron chi connectivity index (χ1n) is 3.81. The summed E-state index contributed by atoms with van der Waals surface area (Å²) in [5, 5.41) is 0. The standard InChI is InChI=1S/C9H11NO/c1-6-4-7-2-3-8(10)5-9(7)11-6/h2-3,5-6H,4,10H2,1H3. The van der Waals surface area contributed by atoms with Crippen LogP contribution in [0.15, 0.2) is 18.2 Å². The van der Waals surface area contributed by atoms with E-state index in [1.165, 1.54) is 5.56 Å². The average molecular weight is 149 g/mol. The molecule has 0 saturated heterocycles. The first-order valence-corrected chi connectivity index (χ1v) is 3.81. The molecular weight excluding hydrogens is 138 g/mol. The van der Waals surface area contributed by atoms with Crippen LogP contribution >= 0.6 is 0 Å². The van der Waals surface area contributed by atoms with Crippen LogP contribution in [0.1, 0.15) is 12.5 Å². The molecule has 0 fully saturated rings. The van der Waals surface area contributed by atoms with Gasteiger partial charge in [0, 0.05) is 18.2 Å². The van der Waals surface area contributed by atoms with Crippen molar-refractivity contribution in [2.24, 2.45) is 0 Å². The molecule has 0 amide bonds. The van der Waals surface area contributed by atoms with Crippen LogP contribution in [0, 0.1) is 0 Å². The molecular formula is C9H11NO. The summed E-state index contributed by atoms with van der Waals surface area (Å²) in [6.07, 6.45) is 1.32. The largest absolute Gasteiger partial charge is 0.490 e. The molecule has 1 aliphatic rings. The van der Waals surface area contributed by atoms with E-state index in [9.17, 15) is 0 Å². The number of hydrogen-bond donors (Lipinski definition) is 1. The number of benzene rings is 1. The van der Waals surface area contributed by atoms with Crippen LogP contribution < -0.4 is 10.5 Å². The second kappa shape index (κ2) is 2.16. The molecule has 2 N–H and O–H groups in total. The van der Waals surface area contributed by atoms with E-state index >= 15 is 0 Å². The summed E-state index contributed by atoms with van der Waals surface area (Å²) >= 11 is 0. The lowest BCUT2D eigenvalue weighted by Crippen LogP contribution is -2.05. The van der Waals surface area contributed by atoms with Crippen molar-refractivity contribution < 1.29 is 4.74 Å². The molecule has 0 aromatic heterocycles. The fourth-order valence-electron chi connectivity index (χ4n) is 1.42. The van der Waals surface area contributed by atoms with Gasteiger partial charge in [0.2, 0.25) is 0 Å². The van der Waals surface area contributed by atoms with Crippen LogP contribution in [0.2, 0.25) is 0 Å². The Labute approximate surface area is 66.0 Å². The number of fused-ring (bicyclic) bond motifs is 1. The SMILES string of the molecule is CC1Cc2ccc(N)cc2O1. The van der Waals surface area contributed by atoms with Crippen LogP contribution in [-0.2, 0) is 6.42 Å². The second-order valence-corrected chi connectivity index (χ2v) is 3.00. The van der Waals surface area contributed by atoms with Gasteiger partial charge in [-0.25, -0.2) is 0 Å². The normalized spacial score (nSPS) is 21.0. The summed E-state index contributed by atoms with van der Waals surface area (Å²) in [5.41, 5.74) is 7.64. The minimum absolute atomic E-state index is 0.312. The lowest BCUT2D eigenvalue weighted by atomic mass is 10.1. The summed E-state index contributed by atoms with van der Waals surface area (Å²) in [6, 6.07) is 5.84. The van der Waals surface area contributed by atoms with Gasteiger partial charge in [-0.15, -0.1) is 0 Å². The highest BCUT2D eigenvalue weighted by molar-refractivity contribution is 5.50. The fraction of sp³-hybridized carbons (Fsp3) is 0.333. The first-order chi connectivity index (χ1) is 5.25. The molecule has 11 heavy (non-hydrogen) atoms. The van der Waals surface area contributed by atoms with Crippen molar-refractivity contribution in [2.75, 3.05) is 5.73 Å². The van der Waals surface area contributed by atoms with Crippen LogP contribution in [0.25, 0.3) is 0 Å². The van der Waals surface area contributed by atoms with Crippen LogP contribution in [0.4, 0.5) is 5.69 Å². The molecule has 1 atom stereocenters. The van der Waals surface area contributed by atoms with E-state index in [0.717, 1.165) is 17.9 Å². The van der Waals surface area contributed by atoms with Crippen molar-refractivity contribution >= 4 is 5.69 Å². The van der Waals surface area contributed by atoms with Crippen molar-refractivity contribution in [3.8, 4) is 5.75 Å². The van der Waals surface area contributed by atoms with Gasteiger partial charge in [-0.2, -0.15) is 0 Å². The molecule has 1 unspecified atom stereocenters. The topological polar surface area (TPSA) is 35.2 Å². The third-order valence-corrected chi connectivity index (χ3v) is 1.93. The van der Waals surface area contributed by atoms with Crippen LogP contribution in [-0.4, -0.2) is 6.10 Å². The number of hydrogen-bond acceptors (Lipinski definition) is 2. The van der Waals surface area contributed by atoms with Gasteiger partial charge in [0.05, 0.1) is 0 Å². The zero-order chi connectivity index (χ0) is 7.84. The highest BCUT2D eigenvalue weighted by Gasteiger charge is 2.17. The van der Waals surface area contributed by atoms with Gasteiger partial charge in [-0.05, 0) is 18.6 Å². The smallest absolute Gasteiger partial charge is 0.125 e. The Balaban J connectivity index is 2.43. The Morgan fingerprint density at radius 3 is 3.18 bits per heavy atom. The van der Waals surface area contributed by atoms with Gasteiger partial charge in [0.25, 0.3) is 0 Å². The molecule has 0 aliphatic carbocycles. The van der Waals surface area contributed by atoms with Crippen LogP contribution in [0.3, 0.4) is 0 Å². The average Bonchev–Trinajstić information content (AvgIpc) is 2.27. The Bertz CT molecular complexity index is 283. The lowest BCUT2D eigenvalue weighted by molar-refractivity contribution is 0.255. The molecule has 0 saturated carbocycles. The molecule has 1 aromatic rings. The van der Waals surface area contributed by atoms with E-state index in [0.29, 0.717) is 6.10 Å². The molecule has 0 radical (unpaired) electrons. The number of ether oxygens (including phenoxy) is 1. The molecule has 1 aromatic carbocycles. The second-order valence-electron chi connectivity index (χ2n) is 3.00. The van der Waals surface area contributed by atoms with Gasteiger partial charge in [-0.3, -0.25) is 0 Å². The zero-order valence-electron chi connectivity index (χ0n) is 6.50. The summed E-state index contributed by atoms with van der Waals surface area (Å²) in [4.78, 5) is 0. The maximum absolute atomic E-state index is 5.60. The van der Waals surface area contributed by atoms with Crippen molar-refractivity contribution in [3.05, 3.63) is 23.8 Å². The highest BCUT2D eigenvalue weighted by atomic mass is 16.5. The molecule has 0 bridgehead atoms. The molecule has 2 nitrogen and oxygen atoms in total. The molecule has 2 rings (SSSR count). The Kier molecular flexibility index (Phi) is 1.28. The van der Waals surface area contributed by atoms with Gasteiger partial charge in [-0.1, -0.05) is 6.07 Å². The van der Waals surface area contributed by atoms with E-state index < -0.39 is 0 Å². The van der Waals surface area contributed by atoms with Crippen molar-refractivity contribution in [1.29, 1.82) is 0 Å². The van der Waals surface area contributed by atoms with Crippen LogP contribution in [0.5, 0.6) is 5.75 Å². The lowest BCUT2D eigenvalue weighted by Gasteiger charge is -2.01. The molecule has 2 heteroatoms. The highest BCUT2D eigenvalue weighted by Crippen LogP contribution is 2.29. The monoisotopic (exact) mass is 149 g/mol. The third kappa shape index (κ3) is 1.04.